The summed E-state index contributed by atoms with van der Waals surface area (Å²) < 4.78 is 0. The number of hydrogen-bond donors (Lipinski definition) is 0. The number of hydrogen-bond acceptors (Lipinski definition) is 4. The summed E-state index contributed by atoms with van der Waals surface area (Å²) in [5.41, 5.74) is 0.192. The van der Waals surface area contributed by atoms with Crippen LogP contribution in [-0.4, -0.2) is 31.1 Å². The Bertz CT molecular complexity index is 508. The van der Waals surface area contributed by atoms with Crippen molar-refractivity contribution in [3.05, 3.63) is 22.2 Å². The minimum absolute atomic E-state index is 0.192. The third-order valence-electron chi connectivity index (χ3n) is 4.45. The molecule has 6 nitrogen and oxygen atoms in total. The first-order valence-corrected chi connectivity index (χ1v) is 7.96. The van der Waals surface area contributed by atoms with E-state index in [1.54, 1.807) is 6.07 Å². The van der Waals surface area contributed by atoms with Crippen molar-refractivity contribution in [2.75, 3.05) is 36.0 Å². The van der Waals surface area contributed by atoms with Gasteiger partial charge in [0.1, 0.15) is 0 Å². The Balaban J connectivity index is 1.91. The van der Waals surface area contributed by atoms with Gasteiger partial charge in [-0.05, 0) is 38.5 Å². The molecule has 2 aliphatic heterocycles. The highest BCUT2D eigenvalue weighted by atomic mass is 16.6. The molecule has 0 amide bonds. The zero-order valence-corrected chi connectivity index (χ0v) is 12.4. The topological polar surface area (TPSA) is 63.8 Å². The van der Waals surface area contributed by atoms with Crippen LogP contribution in [0, 0.1) is 10.1 Å². The van der Waals surface area contributed by atoms with E-state index in [0.717, 1.165) is 44.8 Å². The van der Waals surface area contributed by atoms with Crippen LogP contribution in [0.3, 0.4) is 0 Å². The zero-order valence-electron chi connectivity index (χ0n) is 12.4. The molecule has 0 atom stereocenters. The Kier molecular flexibility index (Phi) is 4.22. The highest BCUT2D eigenvalue weighted by molar-refractivity contribution is 5.56. The normalized spacial score (nSPS) is 19.6. The van der Waals surface area contributed by atoms with Gasteiger partial charge >= 0.3 is 11.5 Å². The summed E-state index contributed by atoms with van der Waals surface area (Å²) in [6, 6.07) is 3.52. The predicted octanol–water partition coefficient (Wildman–Crippen LogP) is 2.39. The number of nitrogens with zero attached hydrogens (tertiary/aromatic N) is 3. The van der Waals surface area contributed by atoms with Crippen LogP contribution in [0.5, 0.6) is 0 Å². The molecular weight excluding hydrogens is 268 g/mol. The van der Waals surface area contributed by atoms with Crippen LogP contribution in [0.15, 0.2) is 12.1 Å². The van der Waals surface area contributed by atoms with E-state index in [-0.39, 0.29) is 10.6 Å². The lowest BCUT2D eigenvalue weighted by Crippen LogP contribution is -2.39. The Morgan fingerprint density at radius 2 is 1.48 bits per heavy atom. The van der Waals surface area contributed by atoms with Crippen molar-refractivity contribution >= 4 is 17.3 Å². The number of rotatable bonds is 3. The molecule has 21 heavy (non-hydrogen) atoms. The molecule has 2 fully saturated rings. The summed E-state index contributed by atoms with van der Waals surface area (Å²) >= 11 is 0. The second-order valence-electron chi connectivity index (χ2n) is 5.93. The summed E-state index contributed by atoms with van der Waals surface area (Å²) in [7, 11) is 0. The van der Waals surface area contributed by atoms with Crippen LogP contribution in [0.1, 0.15) is 38.5 Å². The minimum Gasteiger partial charge on any atom is -0.293 e. The Morgan fingerprint density at radius 3 is 2.05 bits per heavy atom. The van der Waals surface area contributed by atoms with Crippen LogP contribution < -0.4 is 14.8 Å². The molecule has 3 rings (SSSR count). The number of aromatic nitrogens is 1. The van der Waals surface area contributed by atoms with Crippen LogP contribution >= 0.6 is 0 Å². The maximum absolute atomic E-state index is 11.3. The first kappa shape index (κ1) is 14.1. The first-order valence-electron chi connectivity index (χ1n) is 7.96. The second-order valence-corrected chi connectivity index (χ2v) is 5.93. The molecule has 0 saturated carbocycles. The van der Waals surface area contributed by atoms with E-state index in [4.69, 9.17) is 0 Å². The number of anilines is 2. The van der Waals surface area contributed by atoms with E-state index in [0.29, 0.717) is 5.82 Å². The molecule has 1 aromatic rings. The van der Waals surface area contributed by atoms with E-state index < -0.39 is 0 Å². The lowest BCUT2D eigenvalue weighted by Gasteiger charge is -2.26. The fourth-order valence-corrected chi connectivity index (χ4v) is 3.29. The lowest BCUT2D eigenvalue weighted by molar-refractivity contribution is -0.407. The van der Waals surface area contributed by atoms with E-state index >= 15 is 0 Å². The highest BCUT2D eigenvalue weighted by Gasteiger charge is 2.29. The molecule has 0 bridgehead atoms. The molecule has 0 aliphatic carbocycles. The van der Waals surface area contributed by atoms with Gasteiger partial charge in [-0.2, -0.15) is 0 Å². The van der Waals surface area contributed by atoms with Crippen LogP contribution in [0.2, 0.25) is 0 Å². The Hall–Kier alpha value is -1.85. The van der Waals surface area contributed by atoms with Crippen LogP contribution in [-0.2, 0) is 0 Å². The standard InChI is InChI=1S/C15H22N4O2/c20-19(21)13-7-8-14(17-9-3-1-4-10-17)16-15(13)18-11-5-2-6-12-18/h7-8H,1-6,9-12H2/p+1. The number of H-pyrrole nitrogens is 1. The highest BCUT2D eigenvalue weighted by Crippen LogP contribution is 2.28. The van der Waals surface area contributed by atoms with Crippen molar-refractivity contribution in [3.63, 3.8) is 0 Å². The van der Waals surface area contributed by atoms with Gasteiger partial charge in [0.05, 0.1) is 31.1 Å². The molecule has 3 heterocycles. The molecule has 0 unspecified atom stereocenters. The molecule has 114 valence electrons. The number of pyridine rings is 1. The minimum atomic E-state index is -0.277. The zero-order chi connectivity index (χ0) is 14.7. The Labute approximate surface area is 124 Å². The average Bonchev–Trinajstić information content (AvgIpc) is 2.56. The fourth-order valence-electron chi connectivity index (χ4n) is 3.29. The van der Waals surface area contributed by atoms with Crippen LogP contribution in [0.25, 0.3) is 0 Å². The van der Waals surface area contributed by atoms with Crippen LogP contribution in [0.4, 0.5) is 17.3 Å². The average molecular weight is 291 g/mol. The number of aromatic amines is 1. The molecule has 2 saturated heterocycles. The van der Waals surface area contributed by atoms with E-state index in [2.05, 4.69) is 14.8 Å². The van der Waals surface area contributed by atoms with Crippen molar-refractivity contribution in [2.24, 2.45) is 0 Å². The molecule has 1 N–H and O–H groups in total. The second kappa shape index (κ2) is 6.28. The van der Waals surface area contributed by atoms with Gasteiger partial charge < -0.3 is 0 Å². The molecule has 0 spiro atoms. The quantitative estimate of drug-likeness (QED) is 0.633. The molecule has 1 aromatic heterocycles. The maximum atomic E-state index is 11.3. The number of piperidine rings is 2. The van der Waals surface area contributed by atoms with Gasteiger partial charge in [0, 0.05) is 12.1 Å². The summed E-state index contributed by atoms with van der Waals surface area (Å²) in [5.74, 6) is 1.70. The lowest BCUT2D eigenvalue weighted by atomic mass is 10.1. The van der Waals surface area contributed by atoms with Gasteiger partial charge in [0.15, 0.2) is 0 Å². The third kappa shape index (κ3) is 3.09. The molecule has 6 heteroatoms. The molecule has 0 aromatic carbocycles. The molecular formula is C15H23N4O2+. The summed E-state index contributed by atoms with van der Waals surface area (Å²) in [4.78, 5) is 18.8. The van der Waals surface area contributed by atoms with Crippen molar-refractivity contribution in [1.29, 1.82) is 0 Å². The van der Waals surface area contributed by atoms with Gasteiger partial charge in [0.2, 0.25) is 5.82 Å². The van der Waals surface area contributed by atoms with Crippen molar-refractivity contribution in [1.82, 2.24) is 0 Å². The monoisotopic (exact) mass is 291 g/mol. The van der Waals surface area contributed by atoms with E-state index in [9.17, 15) is 10.1 Å². The number of nitrogens with one attached hydrogen (secondary N) is 1. The first-order chi connectivity index (χ1) is 10.3. The largest absolute Gasteiger partial charge is 0.341 e. The van der Waals surface area contributed by atoms with Gasteiger partial charge in [-0.3, -0.25) is 19.9 Å². The SMILES string of the molecule is O=[N+]([O-])c1ccc(N2CCCCC2)[nH+]c1N1CCCCC1. The summed E-state index contributed by atoms with van der Waals surface area (Å²) in [6.45, 7) is 3.88. The summed E-state index contributed by atoms with van der Waals surface area (Å²) in [5, 5.41) is 11.3. The Morgan fingerprint density at radius 1 is 0.905 bits per heavy atom. The van der Waals surface area contributed by atoms with Crippen molar-refractivity contribution < 1.29 is 9.91 Å². The number of nitro groups is 1. The van der Waals surface area contributed by atoms with Gasteiger partial charge in [-0.25, -0.2) is 4.98 Å². The van der Waals surface area contributed by atoms with E-state index in [1.807, 2.05) is 6.07 Å². The van der Waals surface area contributed by atoms with Crippen molar-refractivity contribution in [3.8, 4) is 0 Å². The van der Waals surface area contributed by atoms with Gasteiger partial charge in [0.25, 0.3) is 0 Å². The van der Waals surface area contributed by atoms with Gasteiger partial charge in [-0.15, -0.1) is 0 Å². The molecule has 2 aliphatic rings. The maximum Gasteiger partial charge on any atom is 0.341 e. The third-order valence-corrected chi connectivity index (χ3v) is 4.45. The smallest absolute Gasteiger partial charge is 0.293 e. The van der Waals surface area contributed by atoms with Crippen molar-refractivity contribution in [2.45, 2.75) is 38.5 Å². The summed E-state index contributed by atoms with van der Waals surface area (Å²) in [6.07, 6.45) is 7.12. The predicted molar refractivity (Wildman–Crippen MR) is 81.8 cm³/mol. The van der Waals surface area contributed by atoms with E-state index in [1.165, 1.54) is 25.7 Å². The molecule has 0 radical (unpaired) electrons. The van der Waals surface area contributed by atoms with Gasteiger partial charge in [-0.1, -0.05) is 0 Å². The fraction of sp³-hybridized carbons (Fsp3) is 0.667.